The Hall–Kier alpha value is -2.82. The van der Waals surface area contributed by atoms with Crippen LogP contribution in [0.2, 0.25) is 0 Å². The summed E-state index contributed by atoms with van der Waals surface area (Å²) in [6.07, 6.45) is 3.99. The summed E-state index contributed by atoms with van der Waals surface area (Å²) < 4.78 is 30.5. The number of nitrogens with zero attached hydrogens (tertiary/aromatic N) is 2. The zero-order chi connectivity index (χ0) is 25.0. The van der Waals surface area contributed by atoms with Gasteiger partial charge >= 0.3 is 0 Å². The molecule has 0 bridgehead atoms. The number of carbonyl (C=O) groups excluding carboxylic acids is 1. The Labute approximate surface area is 210 Å². The summed E-state index contributed by atoms with van der Waals surface area (Å²) in [6.45, 7) is 4.08. The van der Waals surface area contributed by atoms with E-state index in [4.69, 9.17) is 4.74 Å². The van der Waals surface area contributed by atoms with Gasteiger partial charge in [-0.25, -0.2) is 13.1 Å². The van der Waals surface area contributed by atoms with Gasteiger partial charge in [0.05, 0.1) is 18.4 Å². The number of hydrogen-bond acceptors (Lipinski definition) is 7. The lowest BCUT2D eigenvalue weighted by atomic mass is 9.85. The summed E-state index contributed by atoms with van der Waals surface area (Å²) in [4.78, 5) is 12.4. The third-order valence-corrected chi connectivity index (χ3v) is 7.42. The van der Waals surface area contributed by atoms with E-state index >= 15 is 0 Å². The van der Waals surface area contributed by atoms with Crippen molar-refractivity contribution in [2.24, 2.45) is 0 Å². The molecule has 3 aromatic rings. The Morgan fingerprint density at radius 3 is 2.60 bits per heavy atom. The Morgan fingerprint density at radius 2 is 1.89 bits per heavy atom. The molecule has 0 saturated carbocycles. The van der Waals surface area contributed by atoms with E-state index in [9.17, 15) is 13.2 Å². The Morgan fingerprint density at radius 1 is 1.14 bits per heavy atom. The van der Waals surface area contributed by atoms with Crippen LogP contribution in [0, 0.1) is 0 Å². The van der Waals surface area contributed by atoms with Gasteiger partial charge < -0.3 is 10.1 Å². The lowest BCUT2D eigenvalue weighted by Gasteiger charge is -2.27. The van der Waals surface area contributed by atoms with Gasteiger partial charge in [0, 0.05) is 24.1 Å². The molecule has 0 aliphatic heterocycles. The molecule has 2 N–H and O–H groups in total. The lowest BCUT2D eigenvalue weighted by Crippen LogP contribution is -2.34. The van der Waals surface area contributed by atoms with E-state index in [0.717, 1.165) is 58.0 Å². The van der Waals surface area contributed by atoms with Crippen molar-refractivity contribution >= 4 is 27.3 Å². The van der Waals surface area contributed by atoms with Crippen LogP contribution in [0.4, 0.5) is 0 Å². The Bertz CT molecular complexity index is 1290. The van der Waals surface area contributed by atoms with Crippen molar-refractivity contribution in [3.8, 4) is 26.9 Å². The van der Waals surface area contributed by atoms with Crippen molar-refractivity contribution < 1.29 is 17.9 Å². The third-order valence-electron chi connectivity index (χ3n) is 5.69. The van der Waals surface area contributed by atoms with Crippen LogP contribution in [0.3, 0.4) is 0 Å². The maximum absolute atomic E-state index is 12.4. The van der Waals surface area contributed by atoms with Gasteiger partial charge in [-0.05, 0) is 68.5 Å². The number of aromatic nitrogens is 2. The summed E-state index contributed by atoms with van der Waals surface area (Å²) >= 11 is 1.54. The van der Waals surface area contributed by atoms with Crippen LogP contribution in [0.1, 0.15) is 50.3 Å². The highest BCUT2D eigenvalue weighted by molar-refractivity contribution is 7.88. The van der Waals surface area contributed by atoms with Crippen molar-refractivity contribution in [3.63, 3.8) is 0 Å². The predicted molar refractivity (Wildman–Crippen MR) is 138 cm³/mol. The van der Waals surface area contributed by atoms with Crippen LogP contribution in [0.5, 0.6) is 5.75 Å². The number of ether oxygens (including phenoxy) is 1. The van der Waals surface area contributed by atoms with E-state index in [-0.39, 0.29) is 31.0 Å². The van der Waals surface area contributed by atoms with E-state index in [0.29, 0.717) is 0 Å². The molecule has 8 nitrogen and oxygen atoms in total. The smallest absolute Gasteiger partial charge is 0.221 e. The second-order valence-electron chi connectivity index (χ2n) is 8.91. The molecule has 1 aliphatic carbocycles. The van der Waals surface area contributed by atoms with Gasteiger partial charge in [-0.3, -0.25) is 4.79 Å². The quantitative estimate of drug-likeness (QED) is 0.445. The molecule has 186 valence electrons. The average molecular weight is 515 g/mol. The average Bonchev–Trinajstić information content (AvgIpc) is 3.28. The zero-order valence-electron chi connectivity index (χ0n) is 20.1. The minimum Gasteiger partial charge on any atom is -0.491 e. The number of sulfonamides is 1. The molecular formula is C25H30N4O4S2. The van der Waals surface area contributed by atoms with Gasteiger partial charge in [-0.2, -0.15) is 0 Å². The van der Waals surface area contributed by atoms with Gasteiger partial charge in [0.25, 0.3) is 0 Å². The Balaban J connectivity index is 1.50. The molecule has 0 radical (unpaired) electrons. The highest BCUT2D eigenvalue weighted by Gasteiger charge is 2.25. The van der Waals surface area contributed by atoms with Crippen LogP contribution in [-0.4, -0.2) is 43.4 Å². The first kappa shape index (κ1) is 25.3. The SMILES string of the molecule is CC(C)Oc1ccc(-c2nnc(-c3cccc4c3CCCC4NC(=O)CCNS(C)(=O)=O)s2)cc1. The van der Waals surface area contributed by atoms with E-state index < -0.39 is 10.0 Å². The standard InChI is InChI=1S/C25H30N4O4S2/c1-16(2)33-18-12-10-17(11-13-18)24-28-29-25(34-24)21-8-4-7-20-19(21)6-5-9-22(20)27-23(30)14-15-26-35(3,31)32/h4,7-8,10-13,16,22,26H,5-6,9,14-15H2,1-3H3,(H,27,30). The van der Waals surface area contributed by atoms with Crippen LogP contribution in [0.25, 0.3) is 21.1 Å². The molecule has 1 unspecified atom stereocenters. The fourth-order valence-electron chi connectivity index (χ4n) is 4.21. The van der Waals surface area contributed by atoms with Crippen LogP contribution in [-0.2, 0) is 21.2 Å². The van der Waals surface area contributed by atoms with Crippen molar-refractivity contribution in [2.45, 2.75) is 51.7 Å². The fourth-order valence-corrected chi connectivity index (χ4v) is 5.59. The fraction of sp³-hybridized carbons (Fsp3) is 0.400. The van der Waals surface area contributed by atoms with E-state index in [1.165, 1.54) is 5.56 Å². The molecule has 1 heterocycles. The van der Waals surface area contributed by atoms with E-state index in [2.05, 4.69) is 26.3 Å². The molecule has 0 saturated heterocycles. The van der Waals surface area contributed by atoms with Gasteiger partial charge in [-0.1, -0.05) is 29.5 Å². The summed E-state index contributed by atoms with van der Waals surface area (Å²) in [5, 5.41) is 13.7. The summed E-state index contributed by atoms with van der Waals surface area (Å²) in [5.41, 5.74) is 4.30. The lowest BCUT2D eigenvalue weighted by molar-refractivity contribution is -0.121. The van der Waals surface area contributed by atoms with Crippen molar-refractivity contribution in [2.75, 3.05) is 12.8 Å². The molecule has 2 aromatic carbocycles. The molecule has 4 rings (SSSR count). The highest BCUT2D eigenvalue weighted by Crippen LogP contribution is 2.38. The molecule has 1 amide bonds. The first-order valence-corrected chi connectivity index (χ1v) is 14.4. The first-order chi connectivity index (χ1) is 16.7. The minimum absolute atomic E-state index is 0.0857. The number of amides is 1. The van der Waals surface area contributed by atoms with Crippen LogP contribution in [0.15, 0.2) is 42.5 Å². The largest absolute Gasteiger partial charge is 0.491 e. The van der Waals surface area contributed by atoms with Crippen LogP contribution < -0.4 is 14.8 Å². The zero-order valence-corrected chi connectivity index (χ0v) is 21.7. The summed E-state index contributed by atoms with van der Waals surface area (Å²) in [6, 6.07) is 13.9. The molecule has 10 heteroatoms. The van der Waals surface area contributed by atoms with Crippen molar-refractivity contribution in [3.05, 3.63) is 53.6 Å². The normalized spacial score (nSPS) is 15.6. The number of benzene rings is 2. The number of nitrogens with one attached hydrogen (secondary N) is 2. The predicted octanol–water partition coefficient (Wildman–Crippen LogP) is 4.09. The molecule has 0 spiro atoms. The number of hydrogen-bond donors (Lipinski definition) is 2. The van der Waals surface area contributed by atoms with Gasteiger partial charge in [-0.15, -0.1) is 10.2 Å². The topological polar surface area (TPSA) is 110 Å². The third kappa shape index (κ3) is 6.65. The molecule has 1 aliphatic rings. The van der Waals surface area contributed by atoms with Gasteiger partial charge in [0.1, 0.15) is 15.8 Å². The molecule has 1 aromatic heterocycles. The molecule has 0 fully saturated rings. The maximum atomic E-state index is 12.4. The first-order valence-electron chi connectivity index (χ1n) is 11.7. The number of carbonyl (C=O) groups is 1. The molecule has 1 atom stereocenters. The van der Waals surface area contributed by atoms with Gasteiger partial charge in [0.15, 0.2) is 0 Å². The minimum atomic E-state index is -3.31. The monoisotopic (exact) mass is 514 g/mol. The molecule has 35 heavy (non-hydrogen) atoms. The van der Waals surface area contributed by atoms with E-state index in [1.807, 2.05) is 50.2 Å². The van der Waals surface area contributed by atoms with Gasteiger partial charge in [0.2, 0.25) is 15.9 Å². The van der Waals surface area contributed by atoms with E-state index in [1.54, 1.807) is 11.3 Å². The number of fused-ring (bicyclic) bond motifs is 1. The second-order valence-corrected chi connectivity index (χ2v) is 11.7. The Kier molecular flexibility index (Phi) is 7.83. The maximum Gasteiger partial charge on any atom is 0.221 e. The second kappa shape index (κ2) is 10.8. The highest BCUT2D eigenvalue weighted by atomic mass is 32.2. The van der Waals surface area contributed by atoms with Crippen molar-refractivity contribution in [1.82, 2.24) is 20.2 Å². The van der Waals surface area contributed by atoms with Crippen molar-refractivity contribution in [1.29, 1.82) is 0 Å². The summed E-state index contributed by atoms with van der Waals surface area (Å²) in [7, 11) is -3.31. The summed E-state index contributed by atoms with van der Waals surface area (Å²) in [5.74, 6) is 0.651. The molecular weight excluding hydrogens is 484 g/mol. The number of rotatable bonds is 9. The van der Waals surface area contributed by atoms with Crippen LogP contribution >= 0.6 is 11.3 Å².